The van der Waals surface area contributed by atoms with Crippen LogP contribution >= 0.6 is 0 Å². The van der Waals surface area contributed by atoms with Crippen molar-refractivity contribution in [3.05, 3.63) is 0 Å². The number of quaternary nitrogens is 1. The minimum absolute atomic E-state index is 0.235. The van der Waals surface area contributed by atoms with Crippen LogP contribution in [0.15, 0.2) is 0 Å². The zero-order valence-corrected chi connectivity index (χ0v) is 9.43. The fourth-order valence-electron chi connectivity index (χ4n) is 1.16. The van der Waals surface area contributed by atoms with Gasteiger partial charge in [-0.25, -0.2) is 8.42 Å². The average molecular weight is 209 g/mol. The zero-order chi connectivity index (χ0) is 10.5. The van der Waals surface area contributed by atoms with E-state index in [2.05, 4.69) is 20.9 Å². The molecule has 0 spiro atoms. The van der Waals surface area contributed by atoms with Crippen LogP contribution in [0.3, 0.4) is 0 Å². The van der Waals surface area contributed by atoms with E-state index in [1.165, 1.54) is 0 Å². The van der Waals surface area contributed by atoms with Crippen molar-refractivity contribution in [2.75, 3.05) is 32.4 Å². The van der Waals surface area contributed by atoms with Crippen molar-refractivity contribution in [3.8, 4) is 0 Å². The molecular weight excluding hydrogens is 190 g/mol. The van der Waals surface area contributed by atoms with E-state index in [9.17, 15) is 13.0 Å². The Morgan fingerprint density at radius 1 is 1.23 bits per heavy atom. The van der Waals surface area contributed by atoms with Gasteiger partial charge >= 0.3 is 0 Å². The van der Waals surface area contributed by atoms with Gasteiger partial charge in [-0.2, -0.15) is 0 Å². The fraction of sp³-hybridized carbons (Fsp3) is 1.00. The summed E-state index contributed by atoms with van der Waals surface area (Å²) in [6.45, 7) is 6.82. The first-order chi connectivity index (χ1) is 5.83. The lowest BCUT2D eigenvalue weighted by atomic mass is 10.3. The van der Waals surface area contributed by atoms with Gasteiger partial charge in [0.1, 0.15) is 0 Å². The van der Waals surface area contributed by atoms with Crippen LogP contribution in [0.4, 0.5) is 0 Å². The molecule has 0 saturated heterocycles. The maximum Gasteiger partial charge on any atom is 0.0948 e. The Balaban J connectivity index is 3.88. The number of hydrogen-bond donors (Lipinski definition) is 0. The normalized spacial score (nSPS) is 13.2. The molecule has 5 heteroatoms. The lowest BCUT2D eigenvalue weighted by molar-refractivity contribution is -0.906. The second-order valence-corrected chi connectivity index (χ2v) is 5.11. The monoisotopic (exact) mass is 209 g/mol. The van der Waals surface area contributed by atoms with Crippen molar-refractivity contribution >= 4 is 10.1 Å². The summed E-state index contributed by atoms with van der Waals surface area (Å²) in [5.41, 5.74) is 0. The van der Waals surface area contributed by atoms with Crippen LogP contribution in [-0.4, -0.2) is 49.9 Å². The molecule has 0 rings (SSSR count). The Bertz CT molecular complexity index is 232. The maximum atomic E-state index is 10.3. The molecule has 4 nitrogen and oxygen atoms in total. The average Bonchev–Trinajstić information content (AvgIpc) is 2.02. The Kier molecular flexibility index (Phi) is 4.88. The second-order valence-electron chi connectivity index (χ2n) is 3.59. The molecule has 0 heterocycles. The van der Waals surface area contributed by atoms with E-state index < -0.39 is 10.1 Å². The third kappa shape index (κ3) is 6.01. The molecular formula is C8H19NO3S. The van der Waals surface area contributed by atoms with Gasteiger partial charge in [-0.1, -0.05) is 0 Å². The smallest absolute Gasteiger partial charge is 0.0948 e. The molecule has 0 aliphatic carbocycles. The van der Waals surface area contributed by atoms with E-state index in [1.54, 1.807) is 0 Å². The molecule has 0 aliphatic heterocycles. The Labute approximate surface area is 80.9 Å². The number of rotatable bonds is 6. The van der Waals surface area contributed by atoms with Gasteiger partial charge in [-0.05, 0) is 13.8 Å². The molecule has 0 amide bonds. The molecule has 0 fully saturated rings. The first kappa shape index (κ1) is 12.9. The molecule has 0 aromatic carbocycles. The maximum absolute atomic E-state index is 10.3. The van der Waals surface area contributed by atoms with Crippen LogP contribution in [0, 0.1) is 0 Å². The summed E-state index contributed by atoms with van der Waals surface area (Å²) in [6.07, 6.45) is 0.462. The Morgan fingerprint density at radius 2 is 1.69 bits per heavy atom. The van der Waals surface area contributed by atoms with Crippen molar-refractivity contribution in [3.63, 3.8) is 0 Å². The summed E-state index contributed by atoms with van der Waals surface area (Å²) in [5, 5.41) is 0. The molecule has 0 saturated carbocycles. The largest absolute Gasteiger partial charge is 0.748 e. The summed E-state index contributed by atoms with van der Waals surface area (Å²) in [4.78, 5) is 0. The van der Waals surface area contributed by atoms with Crippen LogP contribution in [0.5, 0.6) is 0 Å². The summed E-state index contributed by atoms with van der Waals surface area (Å²) in [5.74, 6) is -0.235. The summed E-state index contributed by atoms with van der Waals surface area (Å²) in [7, 11) is -1.96. The summed E-state index contributed by atoms with van der Waals surface area (Å²) < 4.78 is 31.8. The highest BCUT2D eigenvalue weighted by Gasteiger charge is 2.15. The van der Waals surface area contributed by atoms with Gasteiger partial charge < -0.3 is 9.04 Å². The molecule has 0 atom stereocenters. The summed E-state index contributed by atoms with van der Waals surface area (Å²) >= 11 is 0. The standard InChI is InChI=1S/C8H19NO3S/c1-4-9(3,5-2)7-6-8-13(10,11)12/h4-8H2,1-3H3. The molecule has 0 aliphatic rings. The van der Waals surface area contributed by atoms with Gasteiger partial charge in [0, 0.05) is 12.2 Å². The van der Waals surface area contributed by atoms with Crippen molar-refractivity contribution < 1.29 is 17.5 Å². The number of hydrogen-bond acceptors (Lipinski definition) is 3. The van der Waals surface area contributed by atoms with Crippen molar-refractivity contribution in [1.82, 2.24) is 0 Å². The highest BCUT2D eigenvalue weighted by molar-refractivity contribution is 7.85. The fourth-order valence-corrected chi connectivity index (χ4v) is 1.65. The topological polar surface area (TPSA) is 57.2 Å². The van der Waals surface area contributed by atoms with Crippen LogP contribution in [-0.2, 0) is 10.1 Å². The molecule has 0 bridgehead atoms. The minimum atomic E-state index is -4.02. The van der Waals surface area contributed by atoms with Crippen molar-refractivity contribution in [1.29, 1.82) is 0 Å². The van der Waals surface area contributed by atoms with E-state index in [4.69, 9.17) is 0 Å². The third-order valence-electron chi connectivity index (χ3n) is 2.62. The predicted molar refractivity (Wildman–Crippen MR) is 51.3 cm³/mol. The SMILES string of the molecule is CC[N+](C)(CC)CCCS(=O)(=O)[O-]. The van der Waals surface area contributed by atoms with E-state index in [-0.39, 0.29) is 5.75 Å². The summed E-state index contributed by atoms with van der Waals surface area (Å²) in [6, 6.07) is 0. The quantitative estimate of drug-likeness (QED) is 0.470. The third-order valence-corrected chi connectivity index (χ3v) is 3.41. The van der Waals surface area contributed by atoms with Gasteiger partial charge in [-0.3, -0.25) is 0 Å². The van der Waals surface area contributed by atoms with Crippen LogP contribution in [0.25, 0.3) is 0 Å². The molecule has 13 heavy (non-hydrogen) atoms. The van der Waals surface area contributed by atoms with Crippen molar-refractivity contribution in [2.24, 2.45) is 0 Å². The van der Waals surface area contributed by atoms with Gasteiger partial charge in [0.15, 0.2) is 0 Å². The molecule has 0 aromatic rings. The van der Waals surface area contributed by atoms with E-state index in [0.29, 0.717) is 6.42 Å². The van der Waals surface area contributed by atoms with Crippen molar-refractivity contribution in [2.45, 2.75) is 20.3 Å². The first-order valence-corrected chi connectivity index (χ1v) is 6.18. The molecule has 0 radical (unpaired) electrons. The lowest BCUT2D eigenvalue weighted by Crippen LogP contribution is -2.44. The van der Waals surface area contributed by atoms with Gasteiger partial charge in [-0.15, -0.1) is 0 Å². The van der Waals surface area contributed by atoms with Gasteiger partial charge in [0.05, 0.1) is 36.8 Å². The first-order valence-electron chi connectivity index (χ1n) is 4.60. The van der Waals surface area contributed by atoms with Crippen LogP contribution in [0.2, 0.25) is 0 Å². The molecule has 0 N–H and O–H groups in total. The van der Waals surface area contributed by atoms with E-state index in [1.807, 2.05) is 0 Å². The van der Waals surface area contributed by atoms with E-state index >= 15 is 0 Å². The zero-order valence-electron chi connectivity index (χ0n) is 8.62. The van der Waals surface area contributed by atoms with E-state index in [0.717, 1.165) is 24.1 Å². The lowest BCUT2D eigenvalue weighted by Gasteiger charge is -2.32. The van der Waals surface area contributed by atoms with Crippen LogP contribution < -0.4 is 0 Å². The van der Waals surface area contributed by atoms with Gasteiger partial charge in [0.2, 0.25) is 0 Å². The minimum Gasteiger partial charge on any atom is -0.748 e. The highest BCUT2D eigenvalue weighted by Crippen LogP contribution is 2.03. The van der Waals surface area contributed by atoms with Gasteiger partial charge in [0.25, 0.3) is 0 Å². The molecule has 0 aromatic heterocycles. The highest BCUT2D eigenvalue weighted by atomic mass is 32.2. The molecule has 0 unspecified atom stereocenters. The Morgan fingerprint density at radius 3 is 2.00 bits per heavy atom. The number of nitrogens with zero attached hydrogens (tertiary/aromatic N) is 1. The van der Waals surface area contributed by atoms with Crippen LogP contribution in [0.1, 0.15) is 20.3 Å². The Hall–Kier alpha value is -0.130. The molecule has 80 valence electrons. The second kappa shape index (κ2) is 4.93. The predicted octanol–water partition coefficient (Wildman–Crippen LogP) is 0.408.